The van der Waals surface area contributed by atoms with E-state index in [0.717, 1.165) is 16.9 Å². The molecule has 0 spiro atoms. The van der Waals surface area contributed by atoms with E-state index in [9.17, 15) is 9.59 Å². The molecular formula is C20H21ClN2O2. The van der Waals surface area contributed by atoms with Crippen LogP contribution >= 0.6 is 11.6 Å². The fraction of sp³-hybridized carbons (Fsp3) is 0.300. The lowest BCUT2D eigenvalue weighted by atomic mass is 10.0. The fourth-order valence-electron chi connectivity index (χ4n) is 3.13. The summed E-state index contributed by atoms with van der Waals surface area (Å²) in [5.74, 6) is -0.234. The van der Waals surface area contributed by atoms with E-state index in [2.05, 4.69) is 19.2 Å². The normalized spacial score (nSPS) is 17.2. The van der Waals surface area contributed by atoms with Gasteiger partial charge in [-0.2, -0.15) is 0 Å². The van der Waals surface area contributed by atoms with Crippen molar-refractivity contribution < 1.29 is 9.59 Å². The molecule has 3 rings (SSSR count). The molecule has 2 aromatic carbocycles. The summed E-state index contributed by atoms with van der Waals surface area (Å²) in [7, 11) is 0. The summed E-state index contributed by atoms with van der Waals surface area (Å²) in [6, 6.07) is 14.9. The van der Waals surface area contributed by atoms with Crippen LogP contribution in [0.4, 0.5) is 11.4 Å². The first-order valence-electron chi connectivity index (χ1n) is 8.41. The van der Waals surface area contributed by atoms with Gasteiger partial charge in [0.25, 0.3) is 0 Å². The van der Waals surface area contributed by atoms with Crippen molar-refractivity contribution in [2.45, 2.75) is 26.2 Å². The van der Waals surface area contributed by atoms with Gasteiger partial charge in [0.1, 0.15) is 0 Å². The van der Waals surface area contributed by atoms with Gasteiger partial charge in [0, 0.05) is 29.4 Å². The molecule has 4 nitrogen and oxygen atoms in total. The van der Waals surface area contributed by atoms with Crippen molar-refractivity contribution in [1.82, 2.24) is 0 Å². The maximum absolute atomic E-state index is 12.7. The van der Waals surface area contributed by atoms with E-state index in [1.165, 1.54) is 0 Å². The zero-order chi connectivity index (χ0) is 18.0. The number of halogens is 1. The molecule has 2 aromatic rings. The van der Waals surface area contributed by atoms with E-state index in [1.54, 1.807) is 23.1 Å². The lowest BCUT2D eigenvalue weighted by Gasteiger charge is -2.18. The largest absolute Gasteiger partial charge is 0.326 e. The Morgan fingerprint density at radius 3 is 2.68 bits per heavy atom. The summed E-state index contributed by atoms with van der Waals surface area (Å²) in [6.45, 7) is 4.55. The van der Waals surface area contributed by atoms with Gasteiger partial charge < -0.3 is 10.2 Å². The first kappa shape index (κ1) is 17.5. The highest BCUT2D eigenvalue weighted by atomic mass is 35.5. The monoisotopic (exact) mass is 356 g/mol. The SMILES string of the molecule is CC(C)c1ccccc1NC(=O)C1CC(=O)N(c2cccc(Cl)c2)C1. The summed E-state index contributed by atoms with van der Waals surface area (Å²) >= 11 is 6.01. The van der Waals surface area contributed by atoms with Crippen LogP contribution in [0.2, 0.25) is 5.02 Å². The van der Waals surface area contributed by atoms with E-state index >= 15 is 0 Å². The van der Waals surface area contributed by atoms with Crippen LogP contribution in [-0.4, -0.2) is 18.4 Å². The number of nitrogens with zero attached hydrogens (tertiary/aromatic N) is 1. The number of amides is 2. The second kappa shape index (κ2) is 7.28. The van der Waals surface area contributed by atoms with Gasteiger partial charge in [-0.25, -0.2) is 0 Å². The molecule has 0 bridgehead atoms. The number of carbonyl (C=O) groups excluding carboxylic acids is 2. The molecule has 1 aliphatic rings. The van der Waals surface area contributed by atoms with Crippen molar-refractivity contribution in [2.75, 3.05) is 16.8 Å². The standard InChI is InChI=1S/C20H21ClN2O2/c1-13(2)17-8-3-4-9-18(17)22-20(25)14-10-19(24)23(12-14)16-7-5-6-15(21)11-16/h3-9,11,13-14H,10,12H2,1-2H3,(H,22,25). The van der Waals surface area contributed by atoms with Crippen molar-refractivity contribution in [3.8, 4) is 0 Å². The van der Waals surface area contributed by atoms with Crippen LogP contribution in [-0.2, 0) is 9.59 Å². The summed E-state index contributed by atoms with van der Waals surface area (Å²) < 4.78 is 0. The Labute approximate surface area is 152 Å². The minimum atomic E-state index is -0.369. The number of para-hydroxylation sites is 1. The third-order valence-corrected chi connectivity index (χ3v) is 4.69. The van der Waals surface area contributed by atoms with Gasteiger partial charge in [-0.1, -0.05) is 49.7 Å². The molecule has 0 saturated carbocycles. The second-order valence-electron chi connectivity index (χ2n) is 6.62. The highest BCUT2D eigenvalue weighted by molar-refractivity contribution is 6.31. The van der Waals surface area contributed by atoms with Gasteiger partial charge in [0.2, 0.25) is 11.8 Å². The summed E-state index contributed by atoms with van der Waals surface area (Å²) in [5.41, 5.74) is 2.64. The van der Waals surface area contributed by atoms with E-state index < -0.39 is 0 Å². The Morgan fingerprint density at radius 1 is 1.20 bits per heavy atom. The van der Waals surface area contributed by atoms with Crippen LogP contribution in [0.15, 0.2) is 48.5 Å². The van der Waals surface area contributed by atoms with Gasteiger partial charge in [-0.05, 0) is 35.7 Å². The Morgan fingerprint density at radius 2 is 1.96 bits per heavy atom. The molecule has 5 heteroatoms. The molecule has 25 heavy (non-hydrogen) atoms. The quantitative estimate of drug-likeness (QED) is 0.879. The van der Waals surface area contributed by atoms with Gasteiger partial charge in [-0.3, -0.25) is 9.59 Å². The molecule has 0 radical (unpaired) electrons. The van der Waals surface area contributed by atoms with Crippen molar-refractivity contribution in [3.05, 3.63) is 59.1 Å². The maximum atomic E-state index is 12.7. The molecule has 1 aliphatic heterocycles. The zero-order valence-corrected chi connectivity index (χ0v) is 15.1. The lowest BCUT2D eigenvalue weighted by Crippen LogP contribution is -2.28. The van der Waals surface area contributed by atoms with Gasteiger partial charge in [0.05, 0.1) is 5.92 Å². The number of carbonyl (C=O) groups is 2. The van der Waals surface area contributed by atoms with Crippen molar-refractivity contribution >= 4 is 34.8 Å². The fourth-order valence-corrected chi connectivity index (χ4v) is 3.31. The zero-order valence-electron chi connectivity index (χ0n) is 14.3. The van der Waals surface area contributed by atoms with E-state index in [-0.39, 0.29) is 24.2 Å². The van der Waals surface area contributed by atoms with Gasteiger partial charge in [-0.15, -0.1) is 0 Å². The molecule has 1 fully saturated rings. The van der Waals surface area contributed by atoms with Crippen LogP contribution in [0.5, 0.6) is 0 Å². The smallest absolute Gasteiger partial charge is 0.229 e. The highest BCUT2D eigenvalue weighted by Crippen LogP contribution is 2.29. The van der Waals surface area contributed by atoms with E-state index in [1.807, 2.05) is 30.3 Å². The van der Waals surface area contributed by atoms with Crippen LogP contribution in [0, 0.1) is 5.92 Å². The highest BCUT2D eigenvalue weighted by Gasteiger charge is 2.35. The molecule has 1 saturated heterocycles. The third kappa shape index (κ3) is 3.85. The van der Waals surface area contributed by atoms with Crippen LogP contribution < -0.4 is 10.2 Å². The molecule has 1 unspecified atom stereocenters. The Bertz CT molecular complexity index is 804. The predicted molar refractivity (Wildman–Crippen MR) is 101 cm³/mol. The predicted octanol–water partition coefficient (Wildman–Crippen LogP) is 4.46. The van der Waals surface area contributed by atoms with Gasteiger partial charge in [0.15, 0.2) is 0 Å². The third-order valence-electron chi connectivity index (χ3n) is 4.46. The summed E-state index contributed by atoms with van der Waals surface area (Å²) in [4.78, 5) is 26.6. The molecule has 1 heterocycles. The van der Waals surface area contributed by atoms with Crippen molar-refractivity contribution in [2.24, 2.45) is 5.92 Å². The van der Waals surface area contributed by atoms with E-state index in [0.29, 0.717) is 17.5 Å². The lowest BCUT2D eigenvalue weighted by molar-refractivity contribution is -0.122. The van der Waals surface area contributed by atoms with Crippen LogP contribution in [0.25, 0.3) is 0 Å². The van der Waals surface area contributed by atoms with Crippen molar-refractivity contribution in [1.29, 1.82) is 0 Å². The Hall–Kier alpha value is -2.33. The Kier molecular flexibility index (Phi) is 5.09. The van der Waals surface area contributed by atoms with Crippen LogP contribution in [0.3, 0.4) is 0 Å². The molecule has 0 aliphatic carbocycles. The van der Waals surface area contributed by atoms with Crippen LogP contribution in [0.1, 0.15) is 31.7 Å². The molecule has 1 N–H and O–H groups in total. The van der Waals surface area contributed by atoms with Gasteiger partial charge >= 0.3 is 0 Å². The molecular weight excluding hydrogens is 336 g/mol. The number of hydrogen-bond donors (Lipinski definition) is 1. The first-order chi connectivity index (χ1) is 12.0. The Balaban J connectivity index is 1.73. The number of hydrogen-bond acceptors (Lipinski definition) is 2. The maximum Gasteiger partial charge on any atom is 0.229 e. The summed E-state index contributed by atoms with van der Waals surface area (Å²) in [6.07, 6.45) is 0.211. The number of rotatable bonds is 4. The molecule has 1 atom stereocenters. The average Bonchev–Trinajstić information content (AvgIpc) is 2.97. The average molecular weight is 357 g/mol. The van der Waals surface area contributed by atoms with Crippen molar-refractivity contribution in [3.63, 3.8) is 0 Å². The number of benzene rings is 2. The minimum absolute atomic E-state index is 0.0560. The topological polar surface area (TPSA) is 49.4 Å². The number of nitrogens with one attached hydrogen (secondary N) is 1. The first-order valence-corrected chi connectivity index (χ1v) is 8.79. The summed E-state index contributed by atoms with van der Waals surface area (Å²) in [5, 5.41) is 3.57. The number of anilines is 2. The van der Waals surface area contributed by atoms with E-state index in [4.69, 9.17) is 11.6 Å². The molecule has 130 valence electrons. The molecule has 2 amide bonds. The molecule has 0 aromatic heterocycles. The minimum Gasteiger partial charge on any atom is -0.326 e. The second-order valence-corrected chi connectivity index (χ2v) is 7.05.